The van der Waals surface area contributed by atoms with Gasteiger partial charge in [0, 0.05) is 34.8 Å². The fourth-order valence-corrected chi connectivity index (χ4v) is 3.13. The maximum Gasteiger partial charge on any atom is 0.292 e. The van der Waals surface area contributed by atoms with Crippen LogP contribution in [-0.2, 0) is 11.3 Å². The molecule has 0 fully saturated rings. The van der Waals surface area contributed by atoms with Crippen LogP contribution in [0.1, 0.15) is 12.5 Å². The zero-order valence-electron chi connectivity index (χ0n) is 14.6. The number of anilines is 1. The molecule has 1 amide bonds. The van der Waals surface area contributed by atoms with E-state index in [-0.39, 0.29) is 37.0 Å². The molecule has 2 N–H and O–H groups in total. The van der Waals surface area contributed by atoms with Crippen LogP contribution < -0.4 is 10.2 Å². The minimum Gasteiger partial charge on any atom is -0.395 e. The molecule has 0 aromatic heterocycles. The molecule has 0 aliphatic carbocycles. The van der Waals surface area contributed by atoms with Gasteiger partial charge in [0.15, 0.2) is 0 Å². The lowest BCUT2D eigenvalue weighted by Gasteiger charge is -2.30. The Morgan fingerprint density at radius 3 is 2.44 bits per heavy atom. The quantitative estimate of drug-likeness (QED) is 0.512. The number of hydrogen-bond acceptors (Lipinski definition) is 5. The maximum atomic E-state index is 12.5. The van der Waals surface area contributed by atoms with Gasteiger partial charge in [-0.05, 0) is 25.1 Å². The molecule has 2 aromatic carbocycles. The van der Waals surface area contributed by atoms with E-state index in [0.29, 0.717) is 15.6 Å². The summed E-state index contributed by atoms with van der Waals surface area (Å²) in [6.45, 7) is 1.59. The molecule has 0 aliphatic heterocycles. The number of carbonyl (C=O) groups excluding carboxylic acids is 1. The first-order chi connectivity index (χ1) is 12.9. The molecule has 9 heteroatoms. The van der Waals surface area contributed by atoms with Crippen molar-refractivity contribution in [3.8, 4) is 0 Å². The third-order valence-electron chi connectivity index (χ3n) is 4.04. The van der Waals surface area contributed by atoms with Crippen LogP contribution >= 0.6 is 23.2 Å². The highest BCUT2D eigenvalue weighted by molar-refractivity contribution is 6.36. The number of para-hydroxylation sites is 2. The SMILES string of the molecule is C[C@@H](C(=O)NCCO)N(Cc1c(Cl)cccc1Cl)c1ccccc1[N+](=O)[O-]. The number of carbonyl (C=O) groups is 1. The summed E-state index contributed by atoms with van der Waals surface area (Å²) >= 11 is 12.5. The van der Waals surface area contributed by atoms with Gasteiger partial charge in [-0.15, -0.1) is 0 Å². The van der Waals surface area contributed by atoms with Gasteiger partial charge in [0.1, 0.15) is 11.7 Å². The van der Waals surface area contributed by atoms with Crippen LogP contribution in [0, 0.1) is 10.1 Å². The smallest absolute Gasteiger partial charge is 0.292 e. The average molecular weight is 412 g/mol. The van der Waals surface area contributed by atoms with Gasteiger partial charge < -0.3 is 15.3 Å². The van der Waals surface area contributed by atoms with Crippen LogP contribution in [0.15, 0.2) is 42.5 Å². The van der Waals surface area contributed by atoms with Crippen molar-refractivity contribution in [3.63, 3.8) is 0 Å². The lowest BCUT2D eigenvalue weighted by atomic mass is 10.1. The van der Waals surface area contributed by atoms with Gasteiger partial charge in [0.05, 0.1) is 11.5 Å². The molecular weight excluding hydrogens is 393 g/mol. The molecule has 1 atom stereocenters. The highest BCUT2D eigenvalue weighted by Crippen LogP contribution is 2.33. The zero-order chi connectivity index (χ0) is 20.0. The third-order valence-corrected chi connectivity index (χ3v) is 4.74. The Hall–Kier alpha value is -2.35. The molecule has 2 rings (SSSR count). The summed E-state index contributed by atoms with van der Waals surface area (Å²) in [7, 11) is 0. The largest absolute Gasteiger partial charge is 0.395 e. The molecule has 0 saturated heterocycles. The van der Waals surface area contributed by atoms with Crippen molar-refractivity contribution >= 4 is 40.5 Å². The first-order valence-corrected chi connectivity index (χ1v) is 8.94. The molecule has 7 nitrogen and oxygen atoms in total. The highest BCUT2D eigenvalue weighted by atomic mass is 35.5. The van der Waals surface area contributed by atoms with Gasteiger partial charge in [-0.25, -0.2) is 0 Å². The van der Waals surface area contributed by atoms with Crippen molar-refractivity contribution in [3.05, 3.63) is 68.2 Å². The lowest BCUT2D eigenvalue weighted by molar-refractivity contribution is -0.384. The number of nitro groups is 1. The number of nitro benzene ring substituents is 1. The minimum absolute atomic E-state index is 0.0841. The Kier molecular flexibility index (Phi) is 7.41. The Morgan fingerprint density at radius 1 is 1.22 bits per heavy atom. The summed E-state index contributed by atoms with van der Waals surface area (Å²) in [5, 5.41) is 23.8. The van der Waals surface area contributed by atoms with Gasteiger partial charge in [-0.1, -0.05) is 41.4 Å². The van der Waals surface area contributed by atoms with Crippen LogP contribution in [-0.4, -0.2) is 35.1 Å². The fraction of sp³-hybridized carbons (Fsp3) is 0.278. The Morgan fingerprint density at radius 2 is 1.85 bits per heavy atom. The Bertz CT molecular complexity index is 812. The average Bonchev–Trinajstić information content (AvgIpc) is 2.65. The third kappa shape index (κ3) is 5.09. The standard InChI is InChI=1S/C18H19Cl2N3O4/c1-12(18(25)21-9-10-24)22(11-13-14(19)5-4-6-15(13)20)16-7-2-3-8-17(16)23(26)27/h2-8,12,24H,9-11H2,1H3,(H,21,25)/t12-/m0/s1. The van der Waals surface area contributed by atoms with Crippen molar-refractivity contribution in [1.29, 1.82) is 0 Å². The number of aliphatic hydroxyl groups excluding tert-OH is 1. The van der Waals surface area contributed by atoms with Crippen LogP contribution in [0.25, 0.3) is 0 Å². The second kappa shape index (κ2) is 9.55. The number of hydrogen-bond donors (Lipinski definition) is 2. The second-order valence-corrected chi connectivity index (χ2v) is 6.58. The summed E-state index contributed by atoms with van der Waals surface area (Å²) in [6.07, 6.45) is 0. The van der Waals surface area contributed by atoms with Gasteiger partial charge in [0.2, 0.25) is 5.91 Å². The first-order valence-electron chi connectivity index (χ1n) is 8.18. The van der Waals surface area contributed by atoms with Crippen LogP contribution in [0.2, 0.25) is 10.0 Å². The van der Waals surface area contributed by atoms with Crippen molar-refractivity contribution < 1.29 is 14.8 Å². The van der Waals surface area contributed by atoms with Crippen molar-refractivity contribution in [1.82, 2.24) is 5.32 Å². The molecule has 0 bridgehead atoms. The Balaban J connectivity index is 2.49. The van der Waals surface area contributed by atoms with Crippen molar-refractivity contribution in [2.75, 3.05) is 18.1 Å². The first kappa shape index (κ1) is 21.0. The summed E-state index contributed by atoms with van der Waals surface area (Å²) in [5.74, 6) is -0.384. The van der Waals surface area contributed by atoms with E-state index in [1.54, 1.807) is 48.2 Å². The topological polar surface area (TPSA) is 95.7 Å². The monoisotopic (exact) mass is 411 g/mol. The van der Waals surface area contributed by atoms with E-state index in [9.17, 15) is 14.9 Å². The zero-order valence-corrected chi connectivity index (χ0v) is 16.1. The summed E-state index contributed by atoms with van der Waals surface area (Å²) < 4.78 is 0. The summed E-state index contributed by atoms with van der Waals surface area (Å²) in [6, 6.07) is 10.4. The predicted octanol–water partition coefficient (Wildman–Crippen LogP) is 3.41. The molecule has 0 heterocycles. The molecular formula is C18H19Cl2N3O4. The number of nitrogens with one attached hydrogen (secondary N) is 1. The summed E-state index contributed by atoms with van der Waals surface area (Å²) in [5.41, 5.74) is 0.688. The van der Waals surface area contributed by atoms with Crippen LogP contribution in [0.4, 0.5) is 11.4 Å². The van der Waals surface area contributed by atoms with E-state index in [2.05, 4.69) is 5.32 Å². The van der Waals surface area contributed by atoms with Crippen molar-refractivity contribution in [2.24, 2.45) is 0 Å². The molecule has 0 unspecified atom stereocenters. The van der Waals surface area contributed by atoms with E-state index in [0.717, 1.165) is 0 Å². The van der Waals surface area contributed by atoms with Gasteiger partial charge in [-0.2, -0.15) is 0 Å². The van der Waals surface area contributed by atoms with Crippen LogP contribution in [0.3, 0.4) is 0 Å². The maximum absolute atomic E-state index is 12.5. The molecule has 144 valence electrons. The molecule has 0 aliphatic rings. The van der Waals surface area contributed by atoms with E-state index in [4.69, 9.17) is 28.3 Å². The van der Waals surface area contributed by atoms with Crippen molar-refractivity contribution in [2.45, 2.75) is 19.5 Å². The number of amides is 1. The van der Waals surface area contributed by atoms with E-state index < -0.39 is 11.0 Å². The number of nitrogens with zero attached hydrogens (tertiary/aromatic N) is 2. The van der Waals surface area contributed by atoms with Gasteiger partial charge >= 0.3 is 0 Å². The fourth-order valence-electron chi connectivity index (χ4n) is 2.61. The number of aliphatic hydroxyl groups is 1. The van der Waals surface area contributed by atoms with E-state index in [1.807, 2.05) is 0 Å². The molecule has 27 heavy (non-hydrogen) atoms. The molecule has 0 radical (unpaired) electrons. The number of halogens is 2. The normalized spacial score (nSPS) is 11.7. The van der Waals surface area contributed by atoms with Gasteiger partial charge in [-0.3, -0.25) is 14.9 Å². The minimum atomic E-state index is -0.773. The van der Waals surface area contributed by atoms with Crippen LogP contribution in [0.5, 0.6) is 0 Å². The Labute approximate surface area is 166 Å². The predicted molar refractivity (Wildman–Crippen MR) is 105 cm³/mol. The summed E-state index contributed by atoms with van der Waals surface area (Å²) in [4.78, 5) is 25.0. The van der Waals surface area contributed by atoms with E-state index >= 15 is 0 Å². The highest BCUT2D eigenvalue weighted by Gasteiger charge is 2.28. The van der Waals surface area contributed by atoms with E-state index in [1.165, 1.54) is 6.07 Å². The second-order valence-electron chi connectivity index (χ2n) is 5.76. The van der Waals surface area contributed by atoms with Gasteiger partial charge in [0.25, 0.3) is 5.69 Å². The number of rotatable bonds is 8. The molecule has 0 spiro atoms. The molecule has 0 saturated carbocycles. The lowest BCUT2D eigenvalue weighted by Crippen LogP contribution is -2.46. The molecule has 2 aromatic rings. The number of benzene rings is 2.